The Morgan fingerprint density at radius 1 is 1.06 bits per heavy atom. The van der Waals surface area contributed by atoms with E-state index in [4.69, 9.17) is 5.11 Å². The SMILES string of the molecule is CC(Cc1ccccc1)c1ccc(C(=O)O)cc1. The van der Waals surface area contributed by atoms with Crippen molar-refractivity contribution in [3.8, 4) is 0 Å². The van der Waals surface area contributed by atoms with Gasteiger partial charge in [-0.2, -0.15) is 0 Å². The maximum absolute atomic E-state index is 10.8. The molecule has 0 saturated heterocycles. The zero-order valence-corrected chi connectivity index (χ0v) is 10.3. The van der Waals surface area contributed by atoms with Crippen LogP contribution < -0.4 is 0 Å². The molecule has 0 spiro atoms. The van der Waals surface area contributed by atoms with Crippen molar-refractivity contribution in [2.45, 2.75) is 19.3 Å². The van der Waals surface area contributed by atoms with E-state index in [2.05, 4.69) is 19.1 Å². The van der Waals surface area contributed by atoms with Gasteiger partial charge in [0, 0.05) is 0 Å². The van der Waals surface area contributed by atoms with Gasteiger partial charge in [-0.05, 0) is 35.6 Å². The van der Waals surface area contributed by atoms with Crippen LogP contribution in [0.25, 0.3) is 0 Å². The van der Waals surface area contributed by atoms with E-state index in [1.165, 1.54) is 11.1 Å². The van der Waals surface area contributed by atoms with E-state index in [1.54, 1.807) is 12.1 Å². The van der Waals surface area contributed by atoms with Gasteiger partial charge < -0.3 is 5.11 Å². The second-order valence-corrected chi connectivity index (χ2v) is 4.52. The lowest BCUT2D eigenvalue weighted by Crippen LogP contribution is -2.00. The minimum absolute atomic E-state index is 0.339. The Hall–Kier alpha value is -2.09. The minimum atomic E-state index is -0.878. The summed E-state index contributed by atoms with van der Waals surface area (Å²) in [6, 6.07) is 17.4. The highest BCUT2D eigenvalue weighted by atomic mass is 16.4. The maximum Gasteiger partial charge on any atom is 0.335 e. The lowest BCUT2D eigenvalue weighted by atomic mass is 9.93. The van der Waals surface area contributed by atoms with E-state index in [1.807, 2.05) is 30.3 Å². The molecule has 2 aromatic rings. The van der Waals surface area contributed by atoms with Gasteiger partial charge in [-0.3, -0.25) is 0 Å². The van der Waals surface area contributed by atoms with Crippen LogP contribution in [0.15, 0.2) is 54.6 Å². The molecule has 0 bridgehead atoms. The first-order valence-electron chi connectivity index (χ1n) is 6.04. The van der Waals surface area contributed by atoms with E-state index < -0.39 is 5.97 Å². The van der Waals surface area contributed by atoms with Crippen LogP contribution in [-0.4, -0.2) is 11.1 Å². The molecule has 1 atom stereocenters. The van der Waals surface area contributed by atoms with Gasteiger partial charge in [0.1, 0.15) is 0 Å². The van der Waals surface area contributed by atoms with Gasteiger partial charge in [-0.25, -0.2) is 4.79 Å². The molecule has 0 heterocycles. The fourth-order valence-corrected chi connectivity index (χ4v) is 2.04. The van der Waals surface area contributed by atoms with Crippen molar-refractivity contribution in [1.29, 1.82) is 0 Å². The van der Waals surface area contributed by atoms with Crippen LogP contribution in [0.1, 0.15) is 34.3 Å². The Labute approximate surface area is 107 Å². The molecular formula is C16H16O2. The molecule has 0 aromatic heterocycles. The van der Waals surface area contributed by atoms with Gasteiger partial charge in [-0.15, -0.1) is 0 Å². The number of hydrogen-bond acceptors (Lipinski definition) is 1. The Balaban J connectivity index is 2.09. The van der Waals surface area contributed by atoms with Crippen molar-refractivity contribution in [3.63, 3.8) is 0 Å². The first kappa shape index (κ1) is 12.4. The second kappa shape index (κ2) is 5.50. The van der Waals surface area contributed by atoms with Gasteiger partial charge in [0.15, 0.2) is 0 Å². The van der Waals surface area contributed by atoms with Gasteiger partial charge in [0.2, 0.25) is 0 Å². The molecule has 18 heavy (non-hydrogen) atoms. The van der Waals surface area contributed by atoms with Crippen LogP contribution in [-0.2, 0) is 6.42 Å². The van der Waals surface area contributed by atoms with E-state index in [-0.39, 0.29) is 0 Å². The summed E-state index contributed by atoms with van der Waals surface area (Å²) in [4.78, 5) is 10.8. The molecular weight excluding hydrogens is 224 g/mol. The average Bonchev–Trinajstić information content (AvgIpc) is 2.40. The van der Waals surface area contributed by atoms with Gasteiger partial charge >= 0.3 is 5.97 Å². The number of hydrogen-bond donors (Lipinski definition) is 1. The third-order valence-electron chi connectivity index (χ3n) is 3.11. The van der Waals surface area contributed by atoms with Crippen molar-refractivity contribution in [2.24, 2.45) is 0 Å². The minimum Gasteiger partial charge on any atom is -0.478 e. The van der Waals surface area contributed by atoms with E-state index in [9.17, 15) is 4.79 Å². The van der Waals surface area contributed by atoms with Crippen LogP contribution in [0.2, 0.25) is 0 Å². The second-order valence-electron chi connectivity index (χ2n) is 4.52. The molecule has 1 N–H and O–H groups in total. The summed E-state index contributed by atoms with van der Waals surface area (Å²) in [5, 5.41) is 8.85. The third kappa shape index (κ3) is 2.98. The van der Waals surface area contributed by atoms with Crippen LogP contribution >= 0.6 is 0 Å². The maximum atomic E-state index is 10.8. The lowest BCUT2D eigenvalue weighted by molar-refractivity contribution is 0.0697. The standard InChI is InChI=1S/C16H16O2/c1-12(11-13-5-3-2-4-6-13)14-7-9-15(10-8-14)16(17)18/h2-10,12H,11H2,1H3,(H,17,18). The number of rotatable bonds is 4. The van der Waals surface area contributed by atoms with Crippen LogP contribution in [0.3, 0.4) is 0 Å². The fraction of sp³-hybridized carbons (Fsp3) is 0.188. The van der Waals surface area contributed by atoms with Crippen molar-refractivity contribution in [2.75, 3.05) is 0 Å². The molecule has 0 fully saturated rings. The molecule has 2 heteroatoms. The summed E-state index contributed by atoms with van der Waals surface area (Å²) in [5.41, 5.74) is 2.81. The average molecular weight is 240 g/mol. The first-order chi connectivity index (χ1) is 8.66. The van der Waals surface area contributed by atoms with Gasteiger partial charge in [0.25, 0.3) is 0 Å². The zero-order valence-electron chi connectivity index (χ0n) is 10.3. The summed E-state index contributed by atoms with van der Waals surface area (Å²) < 4.78 is 0. The first-order valence-corrected chi connectivity index (χ1v) is 6.04. The summed E-state index contributed by atoms with van der Waals surface area (Å²) in [7, 11) is 0. The lowest BCUT2D eigenvalue weighted by Gasteiger charge is -2.12. The predicted molar refractivity (Wildman–Crippen MR) is 72.0 cm³/mol. The number of aromatic carboxylic acids is 1. The summed E-state index contributed by atoms with van der Waals surface area (Å²) in [6.45, 7) is 2.16. The van der Waals surface area contributed by atoms with Gasteiger partial charge in [0.05, 0.1) is 5.56 Å². The summed E-state index contributed by atoms with van der Waals surface area (Å²) >= 11 is 0. The third-order valence-corrected chi connectivity index (χ3v) is 3.11. The highest BCUT2D eigenvalue weighted by Gasteiger charge is 2.08. The molecule has 2 nitrogen and oxygen atoms in total. The molecule has 0 radical (unpaired) electrons. The molecule has 0 aliphatic rings. The zero-order chi connectivity index (χ0) is 13.0. The highest BCUT2D eigenvalue weighted by molar-refractivity contribution is 5.87. The Morgan fingerprint density at radius 3 is 2.22 bits per heavy atom. The number of benzene rings is 2. The molecule has 92 valence electrons. The van der Waals surface area contributed by atoms with Crippen LogP contribution in [0, 0.1) is 0 Å². The van der Waals surface area contributed by atoms with E-state index >= 15 is 0 Å². The monoisotopic (exact) mass is 240 g/mol. The van der Waals surface area contributed by atoms with Crippen LogP contribution in [0.4, 0.5) is 0 Å². The molecule has 0 saturated carbocycles. The quantitative estimate of drug-likeness (QED) is 0.884. The summed E-state index contributed by atoms with van der Waals surface area (Å²) in [5.74, 6) is -0.493. The van der Waals surface area contributed by atoms with Gasteiger partial charge in [-0.1, -0.05) is 49.4 Å². The molecule has 2 aromatic carbocycles. The number of carbonyl (C=O) groups is 1. The smallest absolute Gasteiger partial charge is 0.335 e. The highest BCUT2D eigenvalue weighted by Crippen LogP contribution is 2.20. The van der Waals surface area contributed by atoms with E-state index in [0.29, 0.717) is 11.5 Å². The molecule has 2 rings (SSSR count). The van der Waals surface area contributed by atoms with Crippen LogP contribution in [0.5, 0.6) is 0 Å². The Morgan fingerprint density at radius 2 is 1.67 bits per heavy atom. The Bertz CT molecular complexity index is 515. The normalized spacial score (nSPS) is 12.1. The van der Waals surface area contributed by atoms with Crippen molar-refractivity contribution < 1.29 is 9.90 Å². The number of carboxylic acid groups (broad SMARTS) is 1. The summed E-state index contributed by atoms with van der Waals surface area (Å²) in [6.07, 6.45) is 0.966. The topological polar surface area (TPSA) is 37.3 Å². The van der Waals surface area contributed by atoms with Crippen molar-refractivity contribution in [1.82, 2.24) is 0 Å². The molecule has 0 aliphatic carbocycles. The van der Waals surface area contributed by atoms with Crippen molar-refractivity contribution in [3.05, 3.63) is 71.3 Å². The molecule has 1 unspecified atom stereocenters. The predicted octanol–water partition coefficient (Wildman–Crippen LogP) is 3.73. The van der Waals surface area contributed by atoms with Crippen molar-refractivity contribution >= 4 is 5.97 Å². The number of carboxylic acids is 1. The molecule has 0 aliphatic heterocycles. The fourth-order valence-electron chi connectivity index (χ4n) is 2.04. The molecule has 0 amide bonds. The Kier molecular flexibility index (Phi) is 3.78. The largest absolute Gasteiger partial charge is 0.478 e. The van der Waals surface area contributed by atoms with E-state index in [0.717, 1.165) is 6.42 Å².